The van der Waals surface area contributed by atoms with E-state index >= 15 is 13.2 Å². The van der Waals surface area contributed by atoms with Gasteiger partial charge in [0, 0.05) is 86.4 Å². The molecule has 3 amide bonds. The molecular formula is C56H58F3N9O6S. The molecule has 390 valence electrons. The predicted octanol–water partition coefficient (Wildman–Crippen LogP) is 9.89. The maximum atomic E-state index is 15.2. The van der Waals surface area contributed by atoms with Gasteiger partial charge in [-0.15, -0.1) is 0 Å². The molecule has 0 radical (unpaired) electrons. The minimum Gasteiger partial charge on any atom is -0.490 e. The molecule has 0 spiro atoms. The summed E-state index contributed by atoms with van der Waals surface area (Å²) in [6, 6.07) is 25.9. The van der Waals surface area contributed by atoms with Gasteiger partial charge in [-0.25, -0.2) is 14.8 Å². The van der Waals surface area contributed by atoms with E-state index in [9.17, 15) is 24.3 Å². The summed E-state index contributed by atoms with van der Waals surface area (Å²) in [5.41, 5.74) is 3.49. The van der Waals surface area contributed by atoms with E-state index in [2.05, 4.69) is 35.7 Å². The molecule has 2 saturated heterocycles. The fourth-order valence-electron chi connectivity index (χ4n) is 11.1. The molecule has 5 heterocycles. The minimum atomic E-state index is -4.87. The van der Waals surface area contributed by atoms with Crippen molar-refractivity contribution in [3.63, 3.8) is 0 Å². The SMILES string of the molecule is CNc1cc(N2CCN(CCCC3CCC(Oc4cccc(-c5ccc(N6CCc7cccc(C(=O)Nc8nc9ccccc9s8)c7C6)nc5C(=O)O)c4C(F)(F)F)CC3)CC2)ccc1C(=N)C1CCC(=O)NC1=O. The van der Waals surface area contributed by atoms with E-state index in [1.165, 1.54) is 41.7 Å². The maximum Gasteiger partial charge on any atom is 0.420 e. The molecule has 15 nitrogen and oxygen atoms in total. The molecule has 0 bridgehead atoms. The molecule has 75 heavy (non-hydrogen) atoms. The van der Waals surface area contributed by atoms with Crippen LogP contribution in [-0.2, 0) is 28.7 Å². The van der Waals surface area contributed by atoms with Crippen molar-refractivity contribution in [3.8, 4) is 16.9 Å². The summed E-state index contributed by atoms with van der Waals surface area (Å²) in [5, 5.41) is 28.1. The molecule has 5 N–H and O–H groups in total. The number of hydrogen-bond donors (Lipinski definition) is 5. The van der Waals surface area contributed by atoms with E-state index in [4.69, 9.17) is 10.1 Å². The van der Waals surface area contributed by atoms with Gasteiger partial charge >= 0.3 is 12.1 Å². The number of carboxylic acid groups (broad SMARTS) is 1. The zero-order valence-electron chi connectivity index (χ0n) is 41.5. The maximum absolute atomic E-state index is 15.2. The Morgan fingerprint density at radius 1 is 0.853 bits per heavy atom. The zero-order valence-corrected chi connectivity index (χ0v) is 42.3. The van der Waals surface area contributed by atoms with Gasteiger partial charge in [0.15, 0.2) is 10.8 Å². The minimum absolute atomic E-state index is 0.176. The number of benzene rings is 4. The van der Waals surface area contributed by atoms with Crippen LogP contribution in [0.25, 0.3) is 21.3 Å². The number of ether oxygens (including phenoxy) is 1. The Balaban J connectivity index is 0.735. The monoisotopic (exact) mass is 1040 g/mol. The fourth-order valence-corrected chi connectivity index (χ4v) is 12.0. The van der Waals surface area contributed by atoms with Crippen molar-refractivity contribution in [2.75, 3.05) is 66.7 Å². The summed E-state index contributed by atoms with van der Waals surface area (Å²) in [6.07, 6.45) is 0.650. The van der Waals surface area contributed by atoms with Crippen molar-refractivity contribution >= 4 is 73.3 Å². The van der Waals surface area contributed by atoms with Gasteiger partial charge in [-0.1, -0.05) is 47.7 Å². The Morgan fingerprint density at radius 2 is 1.64 bits per heavy atom. The first-order valence-electron chi connectivity index (χ1n) is 25.6. The number of anilines is 4. The van der Waals surface area contributed by atoms with Crippen LogP contribution in [0.3, 0.4) is 0 Å². The van der Waals surface area contributed by atoms with Crippen molar-refractivity contribution in [2.45, 2.75) is 76.6 Å². The van der Waals surface area contributed by atoms with E-state index in [1.807, 2.05) is 59.5 Å². The number of imide groups is 1. The molecule has 4 aromatic carbocycles. The smallest absolute Gasteiger partial charge is 0.420 e. The van der Waals surface area contributed by atoms with E-state index in [-0.39, 0.29) is 53.2 Å². The van der Waals surface area contributed by atoms with Crippen molar-refractivity contribution in [2.24, 2.45) is 11.8 Å². The van der Waals surface area contributed by atoms with Crippen molar-refractivity contribution in [3.05, 3.63) is 125 Å². The van der Waals surface area contributed by atoms with E-state index in [0.717, 1.165) is 91.1 Å². The summed E-state index contributed by atoms with van der Waals surface area (Å²) in [4.78, 5) is 66.2. The van der Waals surface area contributed by atoms with E-state index in [0.29, 0.717) is 54.4 Å². The van der Waals surface area contributed by atoms with Gasteiger partial charge in [0.05, 0.1) is 28.0 Å². The van der Waals surface area contributed by atoms with Gasteiger partial charge in [-0.3, -0.25) is 29.9 Å². The second kappa shape index (κ2) is 21.8. The summed E-state index contributed by atoms with van der Waals surface area (Å²) in [7, 11) is 1.79. The molecule has 1 aliphatic carbocycles. The Labute approximate surface area is 436 Å². The average molecular weight is 1040 g/mol. The number of para-hydroxylation sites is 1. The number of thiazole rings is 1. The number of piperidine rings is 1. The second-order valence-corrected chi connectivity index (χ2v) is 20.8. The highest BCUT2D eigenvalue weighted by molar-refractivity contribution is 7.22. The molecule has 1 saturated carbocycles. The van der Waals surface area contributed by atoms with E-state index < -0.39 is 41.3 Å². The number of aromatic nitrogens is 2. The molecule has 6 aromatic rings. The van der Waals surface area contributed by atoms with Gasteiger partial charge in [0.2, 0.25) is 11.8 Å². The van der Waals surface area contributed by atoms with E-state index in [1.54, 1.807) is 13.1 Å². The Morgan fingerprint density at radius 3 is 2.39 bits per heavy atom. The molecule has 4 aliphatic rings. The van der Waals surface area contributed by atoms with Gasteiger partial charge in [0.25, 0.3) is 5.91 Å². The molecule has 10 rings (SSSR count). The van der Waals surface area contributed by atoms with Crippen LogP contribution in [0.1, 0.15) is 94.5 Å². The number of carbonyl (C=O) groups excluding carboxylic acids is 3. The van der Waals surface area contributed by atoms with Gasteiger partial charge < -0.3 is 30.4 Å². The molecular weight excluding hydrogens is 984 g/mol. The normalized spacial score (nSPS) is 19.3. The van der Waals surface area contributed by atoms with Crippen molar-refractivity contribution < 1.29 is 42.2 Å². The third-order valence-electron chi connectivity index (χ3n) is 15.1. The number of halogens is 3. The van der Waals surface area contributed by atoms with Gasteiger partial charge in [-0.2, -0.15) is 13.2 Å². The topological polar surface area (TPSA) is 193 Å². The molecule has 1 unspecified atom stereocenters. The number of amides is 3. The number of alkyl halides is 3. The number of hydrogen-bond acceptors (Lipinski definition) is 13. The number of fused-ring (bicyclic) bond motifs is 2. The molecule has 1 atom stereocenters. The van der Waals surface area contributed by atoms with Crippen LogP contribution in [0.4, 0.5) is 35.5 Å². The molecule has 3 fully saturated rings. The van der Waals surface area contributed by atoms with Crippen LogP contribution in [0.15, 0.2) is 91.0 Å². The summed E-state index contributed by atoms with van der Waals surface area (Å²) >= 11 is 1.37. The number of aromatic carboxylic acids is 1. The number of carbonyl (C=O) groups is 4. The molecule has 3 aliphatic heterocycles. The first-order chi connectivity index (χ1) is 36.2. The predicted molar refractivity (Wildman–Crippen MR) is 283 cm³/mol. The second-order valence-electron chi connectivity index (χ2n) is 19.7. The third-order valence-corrected chi connectivity index (χ3v) is 16.1. The largest absolute Gasteiger partial charge is 0.490 e. The Hall–Kier alpha value is -7.38. The Kier molecular flexibility index (Phi) is 14.9. The lowest BCUT2D eigenvalue weighted by atomic mass is 9.84. The zero-order chi connectivity index (χ0) is 52.4. The van der Waals surface area contributed by atoms with Gasteiger partial charge in [-0.05, 0) is 130 Å². The van der Waals surface area contributed by atoms with Crippen LogP contribution in [0.2, 0.25) is 0 Å². The fraction of sp³-hybridized carbons (Fsp3) is 0.375. The van der Waals surface area contributed by atoms with Crippen LogP contribution >= 0.6 is 11.3 Å². The quantitative estimate of drug-likeness (QED) is 0.0484. The lowest BCUT2D eigenvalue weighted by molar-refractivity contribution is -0.139. The van der Waals surface area contributed by atoms with Crippen LogP contribution in [0, 0.1) is 17.2 Å². The number of rotatable bonds is 15. The standard InChI is InChI=1S/C56H58F3N9O6S/c1-61-44-31-35(16-19-40(44)50(60)41-21-23-48(69)64-53(41)71)67-29-27-66(28-30-67)25-6-7-33-14-17-36(18-15-33)74-45-12-5-9-37(49(45)56(57,58)59)38-20-22-47(63-51(38)54(72)73)68-26-24-34-8-4-10-39(42(34)32-68)52(70)65-55-62-43-11-2-3-13-46(43)75-55/h2-5,8-13,16,19-20,22,31,33,36,41,60-61H,6-7,14-15,17-18,21,23-30,32H2,1H3,(H,72,73)(H,62,65,70)(H,64,69,71). The van der Waals surface area contributed by atoms with Crippen LogP contribution < -0.4 is 30.5 Å². The lowest BCUT2D eigenvalue weighted by Crippen LogP contribution is -2.46. The lowest BCUT2D eigenvalue weighted by Gasteiger charge is -2.37. The first-order valence-corrected chi connectivity index (χ1v) is 26.4. The highest BCUT2D eigenvalue weighted by Gasteiger charge is 2.40. The number of pyridine rings is 1. The Bertz CT molecular complexity index is 3130. The van der Waals surface area contributed by atoms with Crippen molar-refractivity contribution in [1.82, 2.24) is 20.2 Å². The summed E-state index contributed by atoms with van der Waals surface area (Å²) < 4.78 is 52.6. The number of nitrogens with zero attached hydrogens (tertiary/aromatic N) is 5. The molecule has 2 aromatic heterocycles. The summed E-state index contributed by atoms with van der Waals surface area (Å²) in [6.45, 7) is 5.07. The van der Waals surface area contributed by atoms with Gasteiger partial charge in [0.1, 0.15) is 17.1 Å². The third kappa shape index (κ3) is 11.2. The number of nitrogens with one attached hydrogen (secondary N) is 4. The average Bonchev–Trinajstić information content (AvgIpc) is 3.82. The number of piperazine rings is 1. The number of carboxylic acids is 1. The molecule has 19 heteroatoms. The van der Waals surface area contributed by atoms with Crippen LogP contribution in [0.5, 0.6) is 5.75 Å². The summed E-state index contributed by atoms with van der Waals surface area (Å²) in [5.74, 6) is -2.85. The highest BCUT2D eigenvalue weighted by atomic mass is 32.1. The highest BCUT2D eigenvalue weighted by Crippen LogP contribution is 2.45. The van der Waals surface area contributed by atoms with Crippen LogP contribution in [-0.4, -0.2) is 102 Å². The van der Waals surface area contributed by atoms with Crippen molar-refractivity contribution in [1.29, 1.82) is 5.41 Å². The first kappa shape index (κ1) is 51.1.